The minimum atomic E-state index is -4.86. The number of hydrogen-bond donors (Lipinski definition) is 2. The number of aromatic nitrogens is 3. The van der Waals surface area contributed by atoms with Crippen molar-refractivity contribution in [3.05, 3.63) is 62.9 Å². The third kappa shape index (κ3) is 4.62. The lowest BCUT2D eigenvalue weighted by molar-refractivity contribution is -0.274. The minimum absolute atomic E-state index is 0.00756. The van der Waals surface area contributed by atoms with Crippen LogP contribution in [0.3, 0.4) is 0 Å². The first kappa shape index (κ1) is 20.1. The lowest BCUT2D eigenvalue weighted by Crippen LogP contribution is -2.31. The Morgan fingerprint density at radius 2 is 2.03 bits per heavy atom. The van der Waals surface area contributed by atoms with Gasteiger partial charge in [-0.2, -0.15) is 0 Å². The number of halogens is 3. The van der Waals surface area contributed by atoms with Crippen LogP contribution in [0.15, 0.2) is 46.1 Å². The van der Waals surface area contributed by atoms with E-state index in [1.807, 2.05) is 6.92 Å². The summed E-state index contributed by atoms with van der Waals surface area (Å²) in [6.45, 7) is 2.18. The molecule has 29 heavy (non-hydrogen) atoms. The Labute approximate surface area is 161 Å². The largest absolute Gasteiger partial charge is 0.573 e. The number of fused-ring (bicyclic) bond motifs is 1. The third-order valence-corrected chi connectivity index (χ3v) is 3.87. The summed E-state index contributed by atoms with van der Waals surface area (Å²) in [4.78, 5) is 42.7. The fourth-order valence-corrected chi connectivity index (χ4v) is 2.70. The van der Waals surface area contributed by atoms with Crippen LogP contribution in [0.5, 0.6) is 5.75 Å². The molecule has 0 aliphatic heterocycles. The predicted molar refractivity (Wildman–Crippen MR) is 98.0 cm³/mol. The van der Waals surface area contributed by atoms with Crippen molar-refractivity contribution in [2.75, 3.05) is 5.32 Å². The van der Waals surface area contributed by atoms with Gasteiger partial charge in [-0.15, -0.1) is 13.2 Å². The monoisotopic (exact) mass is 408 g/mol. The summed E-state index contributed by atoms with van der Waals surface area (Å²) >= 11 is 0. The molecule has 0 aliphatic carbocycles. The lowest BCUT2D eigenvalue weighted by atomic mass is 10.2. The molecule has 2 N–H and O–H groups in total. The molecule has 2 heterocycles. The van der Waals surface area contributed by atoms with Crippen molar-refractivity contribution in [2.45, 2.75) is 26.3 Å². The first-order valence-corrected chi connectivity index (χ1v) is 8.48. The van der Waals surface area contributed by atoms with Crippen LogP contribution in [0.4, 0.5) is 18.9 Å². The molecule has 0 aliphatic rings. The van der Waals surface area contributed by atoms with Crippen LogP contribution in [-0.4, -0.2) is 26.8 Å². The number of hydrogen-bond acceptors (Lipinski definition) is 5. The smallest absolute Gasteiger partial charge is 0.406 e. The average Bonchev–Trinajstić information content (AvgIpc) is 2.63. The average molecular weight is 408 g/mol. The van der Waals surface area contributed by atoms with Crippen LogP contribution < -0.4 is 21.3 Å². The van der Waals surface area contributed by atoms with Gasteiger partial charge in [0.2, 0.25) is 0 Å². The van der Waals surface area contributed by atoms with Gasteiger partial charge >= 0.3 is 12.1 Å². The number of alkyl halides is 3. The molecule has 0 spiro atoms. The second kappa shape index (κ2) is 7.78. The van der Waals surface area contributed by atoms with Gasteiger partial charge in [-0.05, 0) is 24.6 Å². The van der Waals surface area contributed by atoms with E-state index >= 15 is 0 Å². The summed E-state index contributed by atoms with van der Waals surface area (Å²) in [5, 5.41) is 2.45. The Kier molecular flexibility index (Phi) is 5.39. The maximum absolute atomic E-state index is 12.4. The standard InChI is InChI=1S/C18H15F3N4O4/c1-2-6-25-14-13(16(27)24-17(25)28)7-10(9-22-14)15(26)23-11-4-3-5-12(8-11)29-18(19,20)21/h3-5,7-9H,2,6H2,1H3,(H,23,26)(H,24,27,28). The number of nitrogens with one attached hydrogen (secondary N) is 2. The Morgan fingerprint density at radius 3 is 2.72 bits per heavy atom. The number of amides is 1. The van der Waals surface area contributed by atoms with E-state index in [1.165, 1.54) is 29.0 Å². The van der Waals surface area contributed by atoms with Crippen molar-refractivity contribution < 1.29 is 22.7 Å². The second-order valence-corrected chi connectivity index (χ2v) is 6.04. The molecule has 0 atom stereocenters. The lowest BCUT2D eigenvalue weighted by Gasteiger charge is -2.11. The van der Waals surface area contributed by atoms with Crippen LogP contribution >= 0.6 is 0 Å². The summed E-state index contributed by atoms with van der Waals surface area (Å²) < 4.78 is 42.1. The van der Waals surface area contributed by atoms with E-state index in [0.29, 0.717) is 13.0 Å². The number of benzene rings is 1. The third-order valence-electron chi connectivity index (χ3n) is 3.87. The highest BCUT2D eigenvalue weighted by molar-refractivity contribution is 6.05. The number of H-pyrrole nitrogens is 1. The summed E-state index contributed by atoms with van der Waals surface area (Å²) in [6, 6.07) is 6.02. The van der Waals surface area contributed by atoms with Crippen molar-refractivity contribution in [2.24, 2.45) is 0 Å². The number of carbonyl (C=O) groups is 1. The zero-order valence-electron chi connectivity index (χ0n) is 15.0. The zero-order valence-corrected chi connectivity index (χ0v) is 15.0. The molecule has 1 amide bonds. The first-order chi connectivity index (χ1) is 13.7. The van der Waals surface area contributed by atoms with Gasteiger partial charge < -0.3 is 10.1 Å². The molecule has 2 aromatic heterocycles. The van der Waals surface area contributed by atoms with Gasteiger partial charge in [-0.3, -0.25) is 19.1 Å². The van der Waals surface area contributed by atoms with Crippen LogP contribution in [0.2, 0.25) is 0 Å². The summed E-state index contributed by atoms with van der Waals surface area (Å²) in [5.74, 6) is -1.19. The van der Waals surface area contributed by atoms with E-state index < -0.39 is 29.3 Å². The molecule has 0 unspecified atom stereocenters. The summed E-state index contributed by atoms with van der Waals surface area (Å²) in [6.07, 6.45) is -3.06. The van der Waals surface area contributed by atoms with E-state index in [2.05, 4.69) is 20.0 Å². The van der Waals surface area contributed by atoms with Crippen LogP contribution in [0, 0.1) is 0 Å². The Balaban J connectivity index is 1.91. The van der Waals surface area contributed by atoms with Gasteiger partial charge in [-0.25, -0.2) is 9.78 Å². The van der Waals surface area contributed by atoms with Gasteiger partial charge in [0.05, 0.1) is 10.9 Å². The highest BCUT2D eigenvalue weighted by Gasteiger charge is 2.31. The van der Waals surface area contributed by atoms with E-state index in [1.54, 1.807) is 0 Å². The highest BCUT2D eigenvalue weighted by atomic mass is 19.4. The normalized spacial score (nSPS) is 11.4. The van der Waals surface area contributed by atoms with Gasteiger partial charge in [0, 0.05) is 24.5 Å². The van der Waals surface area contributed by atoms with Gasteiger partial charge in [-0.1, -0.05) is 13.0 Å². The first-order valence-electron chi connectivity index (χ1n) is 8.48. The number of aromatic amines is 1. The van der Waals surface area contributed by atoms with E-state index in [9.17, 15) is 27.6 Å². The number of aryl methyl sites for hydroxylation is 1. The molecular weight excluding hydrogens is 393 g/mol. The molecule has 11 heteroatoms. The number of carbonyl (C=O) groups excluding carboxylic acids is 1. The SMILES string of the molecule is CCCn1c(=O)[nH]c(=O)c2cc(C(=O)Nc3cccc(OC(F)(F)F)c3)cnc21. The minimum Gasteiger partial charge on any atom is -0.406 e. The van der Waals surface area contributed by atoms with Crippen molar-refractivity contribution in [1.29, 1.82) is 0 Å². The van der Waals surface area contributed by atoms with E-state index in [-0.39, 0.29) is 22.3 Å². The number of anilines is 1. The number of nitrogens with zero attached hydrogens (tertiary/aromatic N) is 2. The Bertz CT molecular complexity index is 1180. The van der Waals surface area contributed by atoms with Crippen molar-refractivity contribution in [3.8, 4) is 5.75 Å². The molecule has 0 fully saturated rings. The van der Waals surface area contributed by atoms with Gasteiger partial charge in [0.15, 0.2) is 0 Å². The Hall–Kier alpha value is -3.63. The summed E-state index contributed by atoms with van der Waals surface area (Å²) in [5.41, 5.74) is -1.11. The van der Waals surface area contributed by atoms with Crippen molar-refractivity contribution in [1.82, 2.24) is 14.5 Å². The number of ether oxygens (including phenoxy) is 1. The zero-order chi connectivity index (χ0) is 21.2. The summed E-state index contributed by atoms with van der Waals surface area (Å²) in [7, 11) is 0. The van der Waals surface area contributed by atoms with Crippen molar-refractivity contribution in [3.63, 3.8) is 0 Å². The molecule has 8 nitrogen and oxygen atoms in total. The van der Waals surface area contributed by atoms with Gasteiger partial charge in [0.25, 0.3) is 11.5 Å². The molecular formula is C18H15F3N4O4. The molecule has 0 saturated carbocycles. The molecule has 3 rings (SSSR count). The molecule has 1 aromatic carbocycles. The van der Waals surface area contributed by atoms with Crippen LogP contribution in [0.25, 0.3) is 11.0 Å². The van der Waals surface area contributed by atoms with Gasteiger partial charge in [0.1, 0.15) is 11.4 Å². The topological polar surface area (TPSA) is 106 Å². The predicted octanol–water partition coefficient (Wildman–Crippen LogP) is 2.65. The number of pyridine rings is 1. The van der Waals surface area contributed by atoms with Crippen LogP contribution in [0.1, 0.15) is 23.7 Å². The number of rotatable bonds is 5. The quantitative estimate of drug-likeness (QED) is 0.675. The van der Waals surface area contributed by atoms with E-state index in [4.69, 9.17) is 0 Å². The molecule has 3 aromatic rings. The maximum atomic E-state index is 12.4. The fraction of sp³-hybridized carbons (Fsp3) is 0.222. The maximum Gasteiger partial charge on any atom is 0.573 e. The molecule has 0 radical (unpaired) electrons. The highest BCUT2D eigenvalue weighted by Crippen LogP contribution is 2.25. The van der Waals surface area contributed by atoms with E-state index in [0.717, 1.165) is 12.1 Å². The fourth-order valence-electron chi connectivity index (χ4n) is 2.70. The molecule has 0 bridgehead atoms. The van der Waals surface area contributed by atoms with Crippen LogP contribution in [-0.2, 0) is 6.54 Å². The second-order valence-electron chi connectivity index (χ2n) is 6.04. The molecule has 0 saturated heterocycles. The van der Waals surface area contributed by atoms with Crippen molar-refractivity contribution >= 4 is 22.6 Å². The Morgan fingerprint density at radius 1 is 1.28 bits per heavy atom. The molecule has 152 valence electrons.